The Labute approximate surface area is 127 Å². The molecular weight excluding hydrogens is 311 g/mol. The Morgan fingerprint density at radius 1 is 1.00 bits per heavy atom. The van der Waals surface area contributed by atoms with Crippen molar-refractivity contribution in [1.29, 1.82) is 0 Å². The fourth-order valence-corrected chi connectivity index (χ4v) is 3.55. The van der Waals surface area contributed by atoms with Crippen LogP contribution in [0, 0.1) is 31.5 Å². The number of rotatable bonds is 2. The maximum absolute atomic E-state index is 10.3. The molecule has 0 amide bonds. The van der Waals surface area contributed by atoms with Gasteiger partial charge >= 0.3 is 127 Å². The van der Waals surface area contributed by atoms with Crippen molar-refractivity contribution in [2.24, 2.45) is 0 Å². The van der Waals surface area contributed by atoms with Crippen LogP contribution in [-0.2, 0) is 0 Å². The number of benzene rings is 2. The Bertz CT molecular complexity index is 627. The van der Waals surface area contributed by atoms with Crippen molar-refractivity contribution in [3.63, 3.8) is 0 Å². The van der Waals surface area contributed by atoms with E-state index in [0.29, 0.717) is 0 Å². The molecule has 1 N–H and O–H groups in total. The summed E-state index contributed by atoms with van der Waals surface area (Å²) in [5.74, 6) is 2.98. The molecule has 0 radical (unpaired) electrons. The number of hydrogen-bond acceptors (Lipinski definition) is 1. The van der Waals surface area contributed by atoms with Gasteiger partial charge in [-0.25, -0.2) is 0 Å². The van der Waals surface area contributed by atoms with Crippen LogP contribution in [0.3, 0.4) is 0 Å². The second kappa shape index (κ2) is 6.77. The molecule has 0 aliphatic carbocycles. The van der Waals surface area contributed by atoms with Crippen LogP contribution in [0.1, 0.15) is 28.4 Å². The van der Waals surface area contributed by atoms with Crippen molar-refractivity contribution in [2.45, 2.75) is 26.9 Å². The molecule has 20 heavy (non-hydrogen) atoms. The van der Waals surface area contributed by atoms with Gasteiger partial charge in [-0.05, 0) is 0 Å². The van der Waals surface area contributed by atoms with Gasteiger partial charge in [0.05, 0.1) is 0 Å². The van der Waals surface area contributed by atoms with Crippen molar-refractivity contribution in [3.8, 4) is 10.7 Å². The Hall–Kier alpha value is -1.52. The van der Waals surface area contributed by atoms with Crippen molar-refractivity contribution >= 4 is 19.4 Å². The molecule has 0 aliphatic rings. The summed E-state index contributed by atoms with van der Waals surface area (Å²) in [4.78, 5) is 3.13. The van der Waals surface area contributed by atoms with Gasteiger partial charge in [0.2, 0.25) is 0 Å². The van der Waals surface area contributed by atoms with Crippen LogP contribution in [0.2, 0.25) is 0 Å². The van der Waals surface area contributed by atoms with E-state index >= 15 is 0 Å². The third kappa shape index (κ3) is 3.74. The molecule has 0 bridgehead atoms. The summed E-state index contributed by atoms with van der Waals surface area (Å²) in [6.07, 6.45) is -0.693. The molecule has 2 heteroatoms. The Kier molecular flexibility index (Phi) is 5.04. The molecule has 2 aromatic carbocycles. The average molecular weight is 329 g/mol. The van der Waals surface area contributed by atoms with E-state index < -0.39 is 6.10 Å². The van der Waals surface area contributed by atoms with E-state index in [0.717, 1.165) is 16.7 Å². The summed E-state index contributed by atoms with van der Waals surface area (Å²) in [6.45, 7) is 6.13. The molecule has 0 aliphatic heterocycles. The van der Waals surface area contributed by atoms with E-state index in [4.69, 9.17) is 0 Å². The zero-order chi connectivity index (χ0) is 14.5. The first-order valence-corrected chi connectivity index (χ1v) is 8.27. The van der Waals surface area contributed by atoms with Crippen molar-refractivity contribution < 1.29 is 5.11 Å². The van der Waals surface area contributed by atoms with E-state index in [1.54, 1.807) is 0 Å². The van der Waals surface area contributed by atoms with Gasteiger partial charge in [-0.2, -0.15) is 0 Å². The van der Waals surface area contributed by atoms with Gasteiger partial charge in [0.15, 0.2) is 0 Å². The van der Waals surface area contributed by atoms with Crippen LogP contribution in [0.15, 0.2) is 42.5 Å². The van der Waals surface area contributed by atoms with Crippen LogP contribution in [-0.4, -0.2) is 20.1 Å². The molecule has 0 fully saturated rings. The first-order chi connectivity index (χ1) is 9.58. The van der Waals surface area contributed by atoms with E-state index in [-0.39, 0.29) is 15.0 Å². The van der Waals surface area contributed by atoms with Gasteiger partial charge in [0, 0.05) is 0 Å². The van der Waals surface area contributed by atoms with Gasteiger partial charge in [0.25, 0.3) is 0 Å². The summed E-state index contributed by atoms with van der Waals surface area (Å²) in [5.41, 5.74) is 4.39. The summed E-state index contributed by atoms with van der Waals surface area (Å²) in [6, 6.07) is 14.4. The Balaban J connectivity index is 2.15. The summed E-state index contributed by atoms with van der Waals surface area (Å²) < 4.78 is 1.23. The topological polar surface area (TPSA) is 20.2 Å². The molecule has 0 spiro atoms. The van der Waals surface area contributed by atoms with Gasteiger partial charge in [-0.3, -0.25) is 0 Å². The molecule has 2 aromatic rings. The van der Waals surface area contributed by atoms with Gasteiger partial charge in [0.1, 0.15) is 0 Å². The molecule has 1 nitrogen and oxygen atoms in total. The third-order valence-electron chi connectivity index (χ3n) is 3.12. The van der Waals surface area contributed by atoms with Gasteiger partial charge in [-0.1, -0.05) is 0 Å². The van der Waals surface area contributed by atoms with Crippen LogP contribution in [0.5, 0.6) is 0 Å². The molecule has 1 atom stereocenters. The molecule has 2 rings (SSSR count). The van der Waals surface area contributed by atoms with Crippen LogP contribution in [0.25, 0.3) is 0 Å². The number of aliphatic hydroxyl groups excluding tert-OH is 1. The average Bonchev–Trinajstić information content (AvgIpc) is 2.38. The first-order valence-electron chi connectivity index (χ1n) is 6.56. The van der Waals surface area contributed by atoms with E-state index in [1.165, 1.54) is 10.0 Å². The zero-order valence-electron chi connectivity index (χ0n) is 12.0. The van der Waals surface area contributed by atoms with Crippen molar-refractivity contribution in [2.75, 3.05) is 0 Å². The second-order valence-electron chi connectivity index (χ2n) is 4.88. The quantitative estimate of drug-likeness (QED) is 0.663. The molecular formula is C18H18OSe. The van der Waals surface area contributed by atoms with Gasteiger partial charge < -0.3 is 0 Å². The predicted molar refractivity (Wildman–Crippen MR) is 85.2 cm³/mol. The number of aliphatic hydroxyl groups is 1. The summed E-state index contributed by atoms with van der Waals surface area (Å²) in [7, 11) is 0. The molecule has 0 saturated carbocycles. The minimum absolute atomic E-state index is 0.0920. The van der Waals surface area contributed by atoms with Crippen molar-refractivity contribution in [3.05, 3.63) is 64.7 Å². The third-order valence-corrected chi connectivity index (χ3v) is 4.65. The molecule has 102 valence electrons. The van der Waals surface area contributed by atoms with Gasteiger partial charge in [-0.15, -0.1) is 0 Å². The Morgan fingerprint density at radius 3 is 2.20 bits per heavy atom. The fraction of sp³-hybridized carbons (Fsp3) is 0.222. The van der Waals surface area contributed by atoms with Crippen molar-refractivity contribution in [1.82, 2.24) is 0 Å². The van der Waals surface area contributed by atoms with E-state index in [1.807, 2.05) is 32.0 Å². The SMILES string of the molecule is Cc1cc(C)c(C(O)C#C[Se]c2ccccc2)c(C)c1. The number of hydrogen-bond donors (Lipinski definition) is 1. The monoisotopic (exact) mass is 330 g/mol. The van der Waals surface area contributed by atoms with E-state index in [2.05, 4.69) is 41.9 Å². The van der Waals surface area contributed by atoms with Crippen LogP contribution in [0.4, 0.5) is 0 Å². The summed E-state index contributed by atoms with van der Waals surface area (Å²) >= 11 is 0.0920. The second-order valence-corrected chi connectivity index (χ2v) is 6.72. The van der Waals surface area contributed by atoms with Crippen LogP contribution < -0.4 is 4.46 Å². The first kappa shape index (κ1) is 14.9. The standard InChI is InChI=1S/C18H18OSe/c1-13-11-14(2)18(15(3)12-13)17(19)9-10-20-16-7-5-4-6-8-16/h4-8,11-12,17,19H,1-3H3. The summed E-state index contributed by atoms with van der Waals surface area (Å²) in [5, 5.41) is 10.3. The molecule has 1 unspecified atom stereocenters. The zero-order valence-corrected chi connectivity index (χ0v) is 13.7. The molecule has 0 aromatic heterocycles. The minimum atomic E-state index is -0.693. The normalized spacial score (nSPS) is 11.6. The Morgan fingerprint density at radius 2 is 1.60 bits per heavy atom. The van der Waals surface area contributed by atoms with E-state index in [9.17, 15) is 5.11 Å². The maximum atomic E-state index is 10.3. The predicted octanol–water partition coefficient (Wildman–Crippen LogP) is 2.64. The molecule has 0 saturated heterocycles. The number of aryl methyl sites for hydroxylation is 3. The fourth-order valence-electron chi connectivity index (χ4n) is 2.33. The van der Waals surface area contributed by atoms with Crippen LogP contribution >= 0.6 is 0 Å². The molecule has 0 heterocycles.